The van der Waals surface area contributed by atoms with Gasteiger partial charge in [0.25, 0.3) is 0 Å². The number of hydrogen-bond donors (Lipinski definition) is 0. The number of carbonyl (C=O) groups is 2. The lowest BCUT2D eigenvalue weighted by Crippen LogP contribution is -2.34. The molecule has 2 aromatic rings. The van der Waals surface area contributed by atoms with Crippen molar-refractivity contribution in [3.8, 4) is 0 Å². The maximum atomic E-state index is 12.2. The van der Waals surface area contributed by atoms with E-state index in [-0.39, 0.29) is 23.9 Å². The van der Waals surface area contributed by atoms with Crippen LogP contribution in [0.2, 0.25) is 5.02 Å². The summed E-state index contributed by atoms with van der Waals surface area (Å²) in [5.41, 5.74) is 0.913. The lowest BCUT2D eigenvalue weighted by atomic mass is 9.78. The molecule has 3 rings (SSSR count). The Morgan fingerprint density at radius 3 is 2.60 bits per heavy atom. The number of carbonyl (C=O) groups excluding carboxylic acids is 2. The second kappa shape index (κ2) is 5.17. The van der Waals surface area contributed by atoms with Gasteiger partial charge in [-0.15, -0.1) is 0 Å². The van der Waals surface area contributed by atoms with Crippen molar-refractivity contribution in [2.45, 2.75) is 24.8 Å². The first-order valence-corrected chi connectivity index (χ1v) is 6.67. The summed E-state index contributed by atoms with van der Waals surface area (Å²) >= 11 is 5.88. The first-order chi connectivity index (χ1) is 9.65. The molecule has 0 unspecified atom stereocenters. The maximum absolute atomic E-state index is 12.2. The van der Waals surface area contributed by atoms with E-state index in [2.05, 4.69) is 10.1 Å². The average molecular weight is 290 g/mol. The van der Waals surface area contributed by atoms with Gasteiger partial charge in [0.2, 0.25) is 0 Å². The summed E-state index contributed by atoms with van der Waals surface area (Å²) in [6.07, 6.45) is 3.20. The van der Waals surface area contributed by atoms with Crippen LogP contribution >= 0.6 is 11.6 Å². The molecule has 1 saturated carbocycles. The van der Waals surface area contributed by atoms with Gasteiger partial charge < -0.3 is 0 Å². The van der Waals surface area contributed by atoms with Crippen molar-refractivity contribution in [1.29, 1.82) is 0 Å². The highest BCUT2D eigenvalue weighted by Gasteiger charge is 2.38. The molecule has 102 valence electrons. The molecule has 0 radical (unpaired) electrons. The normalized spacial score (nSPS) is 23.1. The highest BCUT2D eigenvalue weighted by atomic mass is 35.5. The number of ketones is 2. The van der Waals surface area contributed by atoms with Crippen molar-refractivity contribution in [1.82, 2.24) is 14.8 Å². The standard InChI is InChI=1S/C14H12ClN3O2/c15-10-3-1-9(2-4-10)12-5-11(19)6-13(20)14(12)18-8-16-7-17-18/h1-4,7-8,12,14H,5-6H2/t12-,14-/m1/s1. The van der Waals surface area contributed by atoms with Gasteiger partial charge in [0.15, 0.2) is 5.78 Å². The van der Waals surface area contributed by atoms with Crippen LogP contribution in [0.5, 0.6) is 0 Å². The predicted octanol–water partition coefficient (Wildman–Crippen LogP) is 2.19. The Kier molecular flexibility index (Phi) is 3.36. The molecule has 0 amide bonds. The second-order valence-electron chi connectivity index (χ2n) is 4.86. The van der Waals surface area contributed by atoms with Gasteiger partial charge in [0.1, 0.15) is 24.5 Å². The highest BCUT2D eigenvalue weighted by Crippen LogP contribution is 2.37. The Morgan fingerprint density at radius 2 is 1.95 bits per heavy atom. The zero-order valence-corrected chi connectivity index (χ0v) is 11.3. The summed E-state index contributed by atoms with van der Waals surface area (Å²) in [7, 11) is 0. The lowest BCUT2D eigenvalue weighted by Gasteiger charge is -2.29. The van der Waals surface area contributed by atoms with Gasteiger partial charge in [0.05, 0.1) is 6.42 Å². The summed E-state index contributed by atoms with van der Waals surface area (Å²) in [5, 5.41) is 4.68. The predicted molar refractivity (Wildman–Crippen MR) is 72.5 cm³/mol. The number of nitrogens with zero attached hydrogens (tertiary/aromatic N) is 3. The molecule has 1 aromatic carbocycles. The van der Waals surface area contributed by atoms with Gasteiger partial charge in [-0.25, -0.2) is 9.67 Å². The van der Waals surface area contributed by atoms with E-state index >= 15 is 0 Å². The first kappa shape index (κ1) is 13.0. The van der Waals surface area contributed by atoms with E-state index in [4.69, 9.17) is 11.6 Å². The number of benzene rings is 1. The van der Waals surface area contributed by atoms with E-state index in [1.54, 1.807) is 12.1 Å². The second-order valence-corrected chi connectivity index (χ2v) is 5.30. The third-order valence-corrected chi connectivity index (χ3v) is 3.80. The molecular formula is C14H12ClN3O2. The van der Waals surface area contributed by atoms with Gasteiger partial charge >= 0.3 is 0 Å². The van der Waals surface area contributed by atoms with Gasteiger partial charge in [-0.05, 0) is 17.7 Å². The Balaban J connectivity index is 2.01. The van der Waals surface area contributed by atoms with Crippen LogP contribution in [0.1, 0.15) is 30.4 Å². The molecule has 1 aliphatic carbocycles. The van der Waals surface area contributed by atoms with E-state index in [0.29, 0.717) is 11.4 Å². The summed E-state index contributed by atoms with van der Waals surface area (Å²) in [6.45, 7) is 0. The summed E-state index contributed by atoms with van der Waals surface area (Å²) < 4.78 is 1.54. The molecule has 1 heterocycles. The maximum Gasteiger partial charge on any atom is 0.165 e. The van der Waals surface area contributed by atoms with Crippen molar-refractivity contribution in [3.05, 3.63) is 47.5 Å². The monoisotopic (exact) mass is 289 g/mol. The molecule has 0 bridgehead atoms. The van der Waals surface area contributed by atoms with Gasteiger partial charge in [-0.1, -0.05) is 23.7 Å². The molecule has 0 saturated heterocycles. The van der Waals surface area contributed by atoms with E-state index in [1.807, 2.05) is 12.1 Å². The summed E-state index contributed by atoms with van der Waals surface area (Å²) in [4.78, 5) is 27.9. The van der Waals surface area contributed by atoms with Crippen molar-refractivity contribution in [2.24, 2.45) is 0 Å². The van der Waals surface area contributed by atoms with Crippen LogP contribution < -0.4 is 0 Å². The fraction of sp³-hybridized carbons (Fsp3) is 0.286. The molecule has 2 atom stereocenters. The van der Waals surface area contributed by atoms with Crippen LogP contribution in [-0.4, -0.2) is 26.3 Å². The first-order valence-electron chi connectivity index (χ1n) is 6.29. The summed E-state index contributed by atoms with van der Waals surface area (Å²) in [6, 6.07) is 6.75. The van der Waals surface area contributed by atoms with Gasteiger partial charge in [-0.3, -0.25) is 9.59 Å². The third-order valence-electron chi connectivity index (χ3n) is 3.55. The quantitative estimate of drug-likeness (QED) is 0.795. The minimum atomic E-state index is -0.476. The third kappa shape index (κ3) is 2.36. The number of Topliss-reactive ketones (excluding diaryl/α,β-unsaturated/α-hetero) is 2. The molecule has 0 aliphatic heterocycles. The van der Waals surface area contributed by atoms with Crippen LogP contribution in [0.4, 0.5) is 0 Å². The Morgan fingerprint density at radius 1 is 1.20 bits per heavy atom. The molecule has 20 heavy (non-hydrogen) atoms. The molecule has 6 heteroatoms. The van der Waals surface area contributed by atoms with E-state index in [0.717, 1.165) is 5.56 Å². The van der Waals surface area contributed by atoms with E-state index < -0.39 is 6.04 Å². The number of aromatic nitrogens is 3. The molecule has 0 spiro atoms. The Bertz CT molecular complexity index is 637. The largest absolute Gasteiger partial charge is 0.299 e. The highest BCUT2D eigenvalue weighted by molar-refractivity contribution is 6.30. The number of halogens is 1. The minimum absolute atomic E-state index is 0.0331. The van der Waals surface area contributed by atoms with Crippen LogP contribution in [0.15, 0.2) is 36.9 Å². The smallest absolute Gasteiger partial charge is 0.165 e. The molecule has 1 fully saturated rings. The van der Waals surface area contributed by atoms with Crippen LogP contribution in [-0.2, 0) is 9.59 Å². The molecular weight excluding hydrogens is 278 g/mol. The van der Waals surface area contributed by atoms with Crippen molar-refractivity contribution in [3.63, 3.8) is 0 Å². The fourth-order valence-corrected chi connectivity index (χ4v) is 2.78. The molecule has 5 nitrogen and oxygen atoms in total. The zero-order valence-electron chi connectivity index (χ0n) is 10.6. The van der Waals surface area contributed by atoms with E-state index in [9.17, 15) is 9.59 Å². The Hall–Kier alpha value is -2.01. The summed E-state index contributed by atoms with van der Waals surface area (Å²) in [5.74, 6) is -0.374. The Labute approximate surface area is 120 Å². The van der Waals surface area contributed by atoms with Gasteiger partial charge in [0, 0.05) is 17.4 Å². The minimum Gasteiger partial charge on any atom is -0.299 e. The number of rotatable bonds is 2. The van der Waals surface area contributed by atoms with Crippen LogP contribution in [0.25, 0.3) is 0 Å². The zero-order chi connectivity index (χ0) is 14.1. The fourth-order valence-electron chi connectivity index (χ4n) is 2.66. The van der Waals surface area contributed by atoms with Crippen molar-refractivity contribution in [2.75, 3.05) is 0 Å². The molecule has 1 aliphatic rings. The van der Waals surface area contributed by atoms with Crippen molar-refractivity contribution < 1.29 is 9.59 Å². The average Bonchev–Trinajstić information content (AvgIpc) is 2.92. The van der Waals surface area contributed by atoms with Crippen LogP contribution in [0.3, 0.4) is 0 Å². The van der Waals surface area contributed by atoms with Crippen molar-refractivity contribution >= 4 is 23.2 Å². The topological polar surface area (TPSA) is 64.8 Å². The van der Waals surface area contributed by atoms with Gasteiger partial charge in [-0.2, -0.15) is 5.10 Å². The molecule has 1 aromatic heterocycles. The number of hydrogen-bond acceptors (Lipinski definition) is 4. The van der Waals surface area contributed by atoms with E-state index in [1.165, 1.54) is 17.3 Å². The molecule has 0 N–H and O–H groups in total. The lowest BCUT2D eigenvalue weighted by molar-refractivity contribution is -0.133. The van der Waals surface area contributed by atoms with Crippen LogP contribution in [0, 0.1) is 0 Å². The SMILES string of the molecule is O=C1CC(=O)[C@H](n2cncn2)[C@@H](c2ccc(Cl)cc2)C1.